The predicted octanol–water partition coefficient (Wildman–Crippen LogP) is 6.17. The number of nitrogens with one attached hydrogen (secondary N) is 1. The molecule has 0 aliphatic carbocycles. The lowest BCUT2D eigenvalue weighted by atomic mass is 9.87. The van der Waals surface area contributed by atoms with Gasteiger partial charge in [-0.1, -0.05) is 35.9 Å². The number of aromatic carboxylic acids is 1. The molecule has 3 aromatic carbocycles. The molecule has 0 fully saturated rings. The first kappa shape index (κ1) is 33.0. The molecule has 2 aliphatic rings. The van der Waals surface area contributed by atoms with Gasteiger partial charge in [0.2, 0.25) is 5.91 Å². The summed E-state index contributed by atoms with van der Waals surface area (Å²) in [5, 5.41) is 24.9. The number of carbonyl (C=O) groups is 3. The Kier molecular flexibility index (Phi) is 10.7. The molecule has 1 atom stereocenters. The number of likely N-dealkylation sites (N-methyl/N-ethyl adjacent to an activating group) is 1. The van der Waals surface area contributed by atoms with Crippen LogP contribution < -0.4 is 15.0 Å². The summed E-state index contributed by atoms with van der Waals surface area (Å²) in [7, 11) is 1.64. The zero-order chi connectivity index (χ0) is 32.7. The van der Waals surface area contributed by atoms with Crippen molar-refractivity contribution < 1.29 is 29.3 Å². The summed E-state index contributed by atoms with van der Waals surface area (Å²) in [6.07, 6.45) is 9.02. The van der Waals surface area contributed by atoms with Gasteiger partial charge in [-0.2, -0.15) is 0 Å². The lowest BCUT2D eigenvalue weighted by Crippen LogP contribution is -2.45. The van der Waals surface area contributed by atoms with Crippen molar-refractivity contribution in [3.8, 4) is 5.75 Å². The molecule has 46 heavy (non-hydrogen) atoms. The molecule has 242 valence electrons. The number of nitrogens with zero attached hydrogens (tertiary/aromatic N) is 2. The number of rotatable bonds is 3. The highest BCUT2D eigenvalue weighted by atomic mass is 35.5. The van der Waals surface area contributed by atoms with Crippen LogP contribution in [-0.2, 0) is 28.2 Å². The highest BCUT2D eigenvalue weighted by Crippen LogP contribution is 2.38. The summed E-state index contributed by atoms with van der Waals surface area (Å²) in [5.41, 5.74) is 1.33. The third kappa shape index (κ3) is 7.89. The number of aryl methyl sites for hydroxylation is 1. The van der Waals surface area contributed by atoms with Gasteiger partial charge < -0.3 is 30.1 Å². The predicted molar refractivity (Wildman–Crippen MR) is 179 cm³/mol. The summed E-state index contributed by atoms with van der Waals surface area (Å²) in [6, 6.07) is 16.7. The Balaban J connectivity index is 1.56. The molecule has 3 N–H and O–H groups in total. The molecule has 0 saturated heterocycles. The van der Waals surface area contributed by atoms with Crippen molar-refractivity contribution in [2.45, 2.75) is 57.2 Å². The molecule has 2 amide bonds. The molecule has 0 spiro atoms. The van der Waals surface area contributed by atoms with E-state index < -0.39 is 29.8 Å². The lowest BCUT2D eigenvalue weighted by molar-refractivity contribution is -0.145. The largest absolute Gasteiger partial charge is 0.487 e. The number of allylic oxidation sites excluding steroid dienone is 1. The van der Waals surface area contributed by atoms with Crippen LogP contribution in [0.25, 0.3) is 0 Å². The summed E-state index contributed by atoms with van der Waals surface area (Å²) in [6.45, 7) is 2.18. The average molecular weight is 646 g/mol. The molecule has 2 heterocycles. The highest BCUT2D eigenvalue weighted by molar-refractivity contribution is 6.30. The third-order valence-electron chi connectivity index (χ3n) is 8.65. The van der Waals surface area contributed by atoms with Crippen LogP contribution in [0.1, 0.15) is 65.6 Å². The summed E-state index contributed by atoms with van der Waals surface area (Å²) < 4.78 is 6.43. The van der Waals surface area contributed by atoms with Crippen molar-refractivity contribution in [1.29, 1.82) is 0 Å². The fourth-order valence-corrected chi connectivity index (χ4v) is 6.05. The van der Waals surface area contributed by atoms with Gasteiger partial charge in [-0.15, -0.1) is 0 Å². The van der Waals surface area contributed by atoms with E-state index in [1.54, 1.807) is 25.2 Å². The first-order valence-corrected chi connectivity index (χ1v) is 16.1. The zero-order valence-electron chi connectivity index (χ0n) is 26.0. The molecule has 5 rings (SSSR count). The summed E-state index contributed by atoms with van der Waals surface area (Å²) in [4.78, 5) is 42.4. The average Bonchev–Trinajstić information content (AvgIpc) is 3.07. The monoisotopic (exact) mass is 645 g/mol. The normalized spacial score (nSPS) is 20.2. The van der Waals surface area contributed by atoms with E-state index in [-0.39, 0.29) is 11.1 Å². The minimum absolute atomic E-state index is 0.0606. The van der Waals surface area contributed by atoms with Gasteiger partial charge >= 0.3 is 5.97 Å². The van der Waals surface area contributed by atoms with Crippen LogP contribution in [0.3, 0.4) is 0 Å². The van der Waals surface area contributed by atoms with Gasteiger partial charge in [-0.3, -0.25) is 9.59 Å². The number of hydrogen-bond acceptors (Lipinski definition) is 6. The summed E-state index contributed by atoms with van der Waals surface area (Å²) >= 11 is 6.32. The Hall–Kier alpha value is -4.34. The molecular formula is C36H40ClN3O6. The minimum Gasteiger partial charge on any atom is -0.487 e. The molecule has 9 nitrogen and oxygen atoms in total. The standard InChI is InChI=1S/C36H40ClN3O6/c1-39-18-6-3-2-4-7-19-40-20-8-5-9-26-21-29(37)14-10-27(26)24-46-32-17-13-28(22-31(32)40)36(45,23-33(39)41)35(44)38-30-15-11-25(12-16-30)34(42)43/h3,6,10-17,21-22,45H,2,4-5,7-9,18-20,23-24H2,1H3,(H,38,44)(H,42,43)/b6-3+/t36-/m1/s1. The fourth-order valence-electron chi connectivity index (χ4n) is 5.85. The molecular weight excluding hydrogens is 606 g/mol. The number of hydrogen-bond donors (Lipinski definition) is 3. The van der Waals surface area contributed by atoms with Crippen molar-refractivity contribution in [1.82, 2.24) is 4.90 Å². The fraction of sp³-hybridized carbons (Fsp3) is 0.361. The minimum atomic E-state index is -2.24. The first-order valence-electron chi connectivity index (χ1n) is 15.7. The number of carboxylic acid groups (broad SMARTS) is 1. The Morgan fingerprint density at radius 1 is 0.935 bits per heavy atom. The van der Waals surface area contributed by atoms with E-state index in [0.717, 1.165) is 68.4 Å². The number of halogens is 1. The molecule has 0 aromatic heterocycles. The Morgan fingerprint density at radius 2 is 1.70 bits per heavy atom. The maximum Gasteiger partial charge on any atom is 0.335 e. The maximum atomic E-state index is 13.9. The third-order valence-corrected chi connectivity index (χ3v) is 8.88. The Morgan fingerprint density at radius 3 is 2.46 bits per heavy atom. The Labute approximate surface area is 274 Å². The van der Waals surface area contributed by atoms with E-state index >= 15 is 0 Å². The van der Waals surface area contributed by atoms with Crippen LogP contribution >= 0.6 is 11.6 Å². The molecule has 10 heteroatoms. The molecule has 3 aromatic rings. The van der Waals surface area contributed by atoms with Gasteiger partial charge in [0.25, 0.3) is 5.91 Å². The number of aliphatic hydroxyl groups is 1. The molecule has 0 radical (unpaired) electrons. The number of fused-ring (bicyclic) bond motifs is 2. The summed E-state index contributed by atoms with van der Waals surface area (Å²) in [5.74, 6) is -1.68. The molecule has 0 unspecified atom stereocenters. The SMILES string of the molecule is CN1C/C=C/CCCCN2CCCCc3cc(Cl)ccc3COc3ccc(cc32)[C@@](O)(C(=O)Nc2ccc(C(=O)O)cc2)CC1=O. The van der Waals surface area contributed by atoms with E-state index in [2.05, 4.69) is 16.3 Å². The van der Waals surface area contributed by atoms with Crippen LogP contribution in [0.2, 0.25) is 5.02 Å². The van der Waals surface area contributed by atoms with Crippen LogP contribution in [0.4, 0.5) is 11.4 Å². The van der Waals surface area contributed by atoms with Crippen molar-refractivity contribution in [3.05, 3.63) is 100 Å². The van der Waals surface area contributed by atoms with Crippen molar-refractivity contribution in [3.63, 3.8) is 0 Å². The highest BCUT2D eigenvalue weighted by Gasteiger charge is 2.42. The van der Waals surface area contributed by atoms with Crippen LogP contribution in [-0.4, -0.2) is 59.6 Å². The van der Waals surface area contributed by atoms with E-state index in [0.29, 0.717) is 29.6 Å². The quantitative estimate of drug-likeness (QED) is 0.291. The number of benzene rings is 3. The van der Waals surface area contributed by atoms with E-state index in [4.69, 9.17) is 16.3 Å². The first-order chi connectivity index (χ1) is 22.1. The van der Waals surface area contributed by atoms with Crippen molar-refractivity contribution in [2.24, 2.45) is 0 Å². The van der Waals surface area contributed by atoms with Crippen LogP contribution in [0.5, 0.6) is 5.75 Å². The number of amides is 2. The Bertz CT molecular complexity index is 1610. The number of carbonyl (C=O) groups excluding carboxylic acids is 2. The van der Waals surface area contributed by atoms with Gasteiger partial charge in [0.1, 0.15) is 12.4 Å². The lowest BCUT2D eigenvalue weighted by Gasteiger charge is -2.32. The van der Waals surface area contributed by atoms with Gasteiger partial charge in [-0.25, -0.2) is 4.79 Å². The molecule has 0 saturated carbocycles. The van der Waals surface area contributed by atoms with E-state index in [9.17, 15) is 24.6 Å². The second kappa shape index (κ2) is 14.8. The topological polar surface area (TPSA) is 119 Å². The van der Waals surface area contributed by atoms with E-state index in [1.807, 2.05) is 24.3 Å². The number of carboxylic acids is 1. The van der Waals surface area contributed by atoms with Crippen LogP contribution in [0.15, 0.2) is 72.8 Å². The number of anilines is 2. The molecule has 2 aliphatic heterocycles. The maximum absolute atomic E-state index is 13.9. The van der Waals surface area contributed by atoms with Crippen molar-refractivity contribution >= 4 is 40.8 Å². The zero-order valence-corrected chi connectivity index (χ0v) is 26.8. The van der Waals surface area contributed by atoms with Gasteiger partial charge in [-0.05, 0) is 104 Å². The van der Waals surface area contributed by atoms with E-state index in [1.165, 1.54) is 29.2 Å². The van der Waals surface area contributed by atoms with Gasteiger partial charge in [0.05, 0.1) is 17.7 Å². The molecule has 2 bridgehead atoms. The number of ether oxygens (including phenoxy) is 1. The second-order valence-electron chi connectivity index (χ2n) is 11.9. The van der Waals surface area contributed by atoms with Crippen molar-refractivity contribution in [2.75, 3.05) is 36.9 Å². The smallest absolute Gasteiger partial charge is 0.335 e. The van der Waals surface area contributed by atoms with Crippen LogP contribution in [0, 0.1) is 0 Å². The van der Waals surface area contributed by atoms with Gasteiger partial charge in [0.15, 0.2) is 5.60 Å². The second-order valence-corrected chi connectivity index (χ2v) is 12.4. The van der Waals surface area contributed by atoms with Gasteiger partial charge in [0, 0.05) is 37.4 Å².